The van der Waals surface area contributed by atoms with E-state index in [2.05, 4.69) is 5.43 Å². The Bertz CT molecular complexity index is 215. The molecule has 1 N–H and O–H groups in total. The third-order valence-electron chi connectivity index (χ3n) is 1.64. The monoisotopic (exact) mass is 186 g/mol. The Hall–Kier alpha value is -1.10. The summed E-state index contributed by atoms with van der Waals surface area (Å²) in [4.78, 5) is 21.8. The molecule has 0 bridgehead atoms. The van der Waals surface area contributed by atoms with Crippen LogP contribution in [0.15, 0.2) is 0 Å². The normalized spacial score (nSPS) is 17.0. The molecule has 1 aliphatic heterocycles. The van der Waals surface area contributed by atoms with Crippen LogP contribution in [-0.4, -0.2) is 36.1 Å². The van der Waals surface area contributed by atoms with Crippen molar-refractivity contribution in [2.75, 3.05) is 13.2 Å². The van der Waals surface area contributed by atoms with Gasteiger partial charge in [0.25, 0.3) is 5.91 Å². The Labute approximate surface area is 77.0 Å². The van der Waals surface area contributed by atoms with Crippen LogP contribution in [0, 0.1) is 0 Å². The molecule has 1 aliphatic rings. The van der Waals surface area contributed by atoms with Gasteiger partial charge in [-0.05, 0) is 13.8 Å². The average molecular weight is 186 g/mol. The molecule has 0 aromatic carbocycles. The minimum Gasteiger partial charge on any atom is -0.377 e. The lowest BCUT2D eigenvalue weighted by Crippen LogP contribution is -2.38. The summed E-state index contributed by atoms with van der Waals surface area (Å²) in [5.41, 5.74) is 2.44. The van der Waals surface area contributed by atoms with Crippen LogP contribution >= 0.6 is 0 Å². The van der Waals surface area contributed by atoms with Gasteiger partial charge in [-0.25, -0.2) is 0 Å². The minimum atomic E-state index is -0.241. The smallest absolute Gasteiger partial charge is 0.250 e. The molecule has 0 radical (unpaired) electrons. The number of carbonyl (C=O) groups is 2. The maximum atomic E-state index is 11.0. The van der Waals surface area contributed by atoms with Crippen molar-refractivity contribution in [3.8, 4) is 0 Å². The summed E-state index contributed by atoms with van der Waals surface area (Å²) in [5, 5.41) is 1.30. The first kappa shape index (κ1) is 9.98. The van der Waals surface area contributed by atoms with Crippen molar-refractivity contribution in [3.05, 3.63) is 0 Å². The van der Waals surface area contributed by atoms with Crippen LogP contribution in [0.3, 0.4) is 0 Å². The molecule has 0 unspecified atom stereocenters. The third kappa shape index (κ3) is 3.02. The molecule has 1 rings (SSSR count). The summed E-state index contributed by atoms with van der Waals surface area (Å²) in [5.74, 6) is -0.424. The van der Waals surface area contributed by atoms with Crippen molar-refractivity contribution in [1.29, 1.82) is 0 Å². The summed E-state index contributed by atoms with van der Waals surface area (Å²) in [6.45, 7) is 4.71. The molecule has 0 atom stereocenters. The van der Waals surface area contributed by atoms with Gasteiger partial charge in [0, 0.05) is 0 Å². The Kier molecular flexibility index (Phi) is 3.25. The van der Waals surface area contributed by atoms with Gasteiger partial charge in [0.1, 0.15) is 6.42 Å². The SMILES string of the molecule is CC(C)OCCN1NC(=O)CC1=O. The summed E-state index contributed by atoms with van der Waals surface area (Å²) in [7, 11) is 0. The fraction of sp³-hybridized carbons (Fsp3) is 0.750. The summed E-state index contributed by atoms with van der Waals surface area (Å²) < 4.78 is 5.24. The second-order valence-corrected chi connectivity index (χ2v) is 3.18. The van der Waals surface area contributed by atoms with Crippen molar-refractivity contribution in [1.82, 2.24) is 10.4 Å². The van der Waals surface area contributed by atoms with Crippen molar-refractivity contribution in [2.45, 2.75) is 26.4 Å². The van der Waals surface area contributed by atoms with E-state index in [4.69, 9.17) is 4.74 Å². The van der Waals surface area contributed by atoms with Crippen LogP contribution in [-0.2, 0) is 14.3 Å². The predicted octanol–water partition coefficient (Wildman–Crippen LogP) is -0.325. The maximum absolute atomic E-state index is 11.0. The van der Waals surface area contributed by atoms with Crippen molar-refractivity contribution in [3.63, 3.8) is 0 Å². The Morgan fingerprint density at radius 1 is 1.54 bits per heavy atom. The molecule has 0 aromatic heterocycles. The molecule has 0 aliphatic carbocycles. The molecule has 1 saturated heterocycles. The van der Waals surface area contributed by atoms with E-state index in [0.717, 1.165) is 0 Å². The van der Waals surface area contributed by atoms with Crippen LogP contribution in [0.25, 0.3) is 0 Å². The zero-order valence-electron chi connectivity index (χ0n) is 7.87. The highest BCUT2D eigenvalue weighted by Gasteiger charge is 2.26. The lowest BCUT2D eigenvalue weighted by Gasteiger charge is -2.15. The largest absolute Gasteiger partial charge is 0.377 e. The molecule has 1 heterocycles. The quantitative estimate of drug-likeness (QED) is 0.612. The lowest BCUT2D eigenvalue weighted by atomic mass is 10.4. The van der Waals surface area contributed by atoms with Gasteiger partial charge in [-0.1, -0.05) is 0 Å². The molecule has 5 nitrogen and oxygen atoms in total. The van der Waals surface area contributed by atoms with Gasteiger partial charge in [0.2, 0.25) is 5.91 Å². The van der Waals surface area contributed by atoms with Crippen molar-refractivity contribution in [2.24, 2.45) is 0 Å². The number of hydrogen-bond acceptors (Lipinski definition) is 3. The number of nitrogens with zero attached hydrogens (tertiary/aromatic N) is 1. The highest BCUT2D eigenvalue weighted by molar-refractivity contribution is 6.02. The van der Waals surface area contributed by atoms with E-state index < -0.39 is 0 Å². The topological polar surface area (TPSA) is 58.6 Å². The van der Waals surface area contributed by atoms with Gasteiger partial charge in [0.05, 0.1) is 19.3 Å². The number of hydrogen-bond donors (Lipinski definition) is 1. The summed E-state index contributed by atoms with van der Waals surface area (Å²) in [6, 6.07) is 0. The fourth-order valence-electron chi connectivity index (χ4n) is 1.05. The van der Waals surface area contributed by atoms with Crippen LogP contribution in [0.1, 0.15) is 20.3 Å². The molecule has 0 saturated carbocycles. The number of carbonyl (C=O) groups excluding carboxylic acids is 2. The third-order valence-corrected chi connectivity index (χ3v) is 1.64. The zero-order chi connectivity index (χ0) is 9.84. The first-order chi connectivity index (χ1) is 6.09. The van der Waals surface area contributed by atoms with Crippen LogP contribution in [0.4, 0.5) is 0 Å². The van der Waals surface area contributed by atoms with Gasteiger partial charge in [0.15, 0.2) is 0 Å². The number of rotatable bonds is 4. The second kappa shape index (κ2) is 4.23. The first-order valence-electron chi connectivity index (χ1n) is 4.31. The minimum absolute atomic E-state index is 0.0400. The van der Waals surface area contributed by atoms with E-state index >= 15 is 0 Å². The molecule has 13 heavy (non-hydrogen) atoms. The van der Waals surface area contributed by atoms with Gasteiger partial charge in [-0.2, -0.15) is 0 Å². The number of nitrogens with one attached hydrogen (secondary N) is 1. The molecule has 0 spiro atoms. The molecule has 5 heteroatoms. The lowest BCUT2D eigenvalue weighted by molar-refractivity contribution is -0.130. The van der Waals surface area contributed by atoms with E-state index in [9.17, 15) is 9.59 Å². The maximum Gasteiger partial charge on any atom is 0.250 e. The molecular weight excluding hydrogens is 172 g/mol. The molecule has 0 aromatic rings. The number of hydrazine groups is 1. The van der Waals surface area contributed by atoms with E-state index in [0.29, 0.717) is 13.2 Å². The van der Waals surface area contributed by atoms with Crippen LogP contribution in [0.2, 0.25) is 0 Å². The van der Waals surface area contributed by atoms with Crippen molar-refractivity contribution >= 4 is 11.8 Å². The first-order valence-corrected chi connectivity index (χ1v) is 4.31. The predicted molar refractivity (Wildman–Crippen MR) is 45.6 cm³/mol. The van der Waals surface area contributed by atoms with E-state index in [1.807, 2.05) is 13.8 Å². The number of amides is 2. The Morgan fingerprint density at radius 3 is 2.69 bits per heavy atom. The molecule has 2 amide bonds. The van der Waals surface area contributed by atoms with E-state index in [1.165, 1.54) is 5.01 Å². The average Bonchev–Trinajstić information content (AvgIpc) is 2.29. The van der Waals surface area contributed by atoms with Gasteiger partial charge >= 0.3 is 0 Å². The summed E-state index contributed by atoms with van der Waals surface area (Å²) >= 11 is 0. The molecular formula is C8H14N2O3. The van der Waals surface area contributed by atoms with Gasteiger partial charge < -0.3 is 4.74 Å². The number of ether oxygens (including phenoxy) is 1. The van der Waals surface area contributed by atoms with E-state index in [-0.39, 0.29) is 24.3 Å². The fourth-order valence-corrected chi connectivity index (χ4v) is 1.05. The summed E-state index contributed by atoms with van der Waals surface area (Å²) in [6.07, 6.45) is 0.107. The van der Waals surface area contributed by atoms with Gasteiger partial charge in [-0.15, -0.1) is 0 Å². The standard InChI is InChI=1S/C8H14N2O3/c1-6(2)13-4-3-10-8(12)5-7(11)9-10/h6H,3-5H2,1-2H3,(H,9,11). The van der Waals surface area contributed by atoms with E-state index in [1.54, 1.807) is 0 Å². The Morgan fingerprint density at radius 2 is 2.23 bits per heavy atom. The zero-order valence-corrected chi connectivity index (χ0v) is 7.87. The second-order valence-electron chi connectivity index (χ2n) is 3.18. The molecule has 1 fully saturated rings. The highest BCUT2D eigenvalue weighted by atomic mass is 16.5. The van der Waals surface area contributed by atoms with Gasteiger partial charge in [-0.3, -0.25) is 20.0 Å². The van der Waals surface area contributed by atoms with Crippen molar-refractivity contribution < 1.29 is 14.3 Å². The van der Waals surface area contributed by atoms with Crippen LogP contribution in [0.5, 0.6) is 0 Å². The highest BCUT2D eigenvalue weighted by Crippen LogP contribution is 2.00. The van der Waals surface area contributed by atoms with Crippen LogP contribution < -0.4 is 5.43 Å². The Balaban J connectivity index is 2.22. The molecule has 74 valence electrons.